The summed E-state index contributed by atoms with van der Waals surface area (Å²) in [6.45, 7) is 4.38. The van der Waals surface area contributed by atoms with Crippen LogP contribution in [0.2, 0.25) is 12.1 Å². The molecule has 0 nitrogen and oxygen atoms in total. The lowest BCUT2D eigenvalue weighted by Gasteiger charge is -2.00. The summed E-state index contributed by atoms with van der Waals surface area (Å²) >= 11 is 11.3. The van der Waals surface area contributed by atoms with Crippen LogP contribution in [0.25, 0.3) is 0 Å². The van der Waals surface area contributed by atoms with Crippen molar-refractivity contribution < 1.29 is 0 Å². The van der Waals surface area contributed by atoms with Gasteiger partial charge in [0, 0.05) is 9.52 Å². The maximum Gasteiger partial charge on any atom is 0.0908 e. The first kappa shape index (κ1) is 12.8. The molecule has 0 rings (SSSR count). The molecule has 0 aromatic rings. The number of hydrogen-bond acceptors (Lipinski definition) is 0. The Hall–Kier alpha value is 0.754. The summed E-state index contributed by atoms with van der Waals surface area (Å²) in [5.41, 5.74) is 0. The van der Waals surface area contributed by atoms with E-state index in [0.717, 1.165) is 0 Å². The zero-order valence-corrected chi connectivity index (χ0v) is 12.3. The van der Waals surface area contributed by atoms with Gasteiger partial charge in [0.25, 0.3) is 0 Å². The molecule has 0 aliphatic carbocycles. The zero-order valence-electron chi connectivity index (χ0n) is 7.95. The summed E-state index contributed by atoms with van der Waals surface area (Å²) in [5.74, 6) is 0. The molecule has 4 heteroatoms. The van der Waals surface area contributed by atoms with E-state index in [1.54, 1.807) is 5.20 Å². The molecule has 0 saturated carbocycles. The van der Waals surface area contributed by atoms with E-state index < -0.39 is 0 Å². The third-order valence-corrected chi connectivity index (χ3v) is 6.69. The van der Waals surface area contributed by atoms with Gasteiger partial charge in [-0.2, -0.15) is 0 Å². The third-order valence-electron chi connectivity index (χ3n) is 1.99. The first-order chi connectivity index (χ1) is 5.66. The fourth-order valence-electron chi connectivity index (χ4n) is 1.02. The largest absolute Gasteiger partial charge is 0.110 e. The summed E-state index contributed by atoms with van der Waals surface area (Å²) in [4.78, 5) is 0. The minimum Gasteiger partial charge on any atom is -0.110 e. The topological polar surface area (TPSA) is 0 Å². The Balaban J connectivity index is 3.11. The van der Waals surface area contributed by atoms with Crippen LogP contribution in [-0.2, 0) is 0 Å². The molecule has 0 aliphatic heterocycles. The number of halogens is 2. The molecule has 0 aliphatic rings. The average Bonchev–Trinajstić information content (AvgIpc) is 2.03. The minimum atomic E-state index is -0.171. The van der Waals surface area contributed by atoms with E-state index >= 15 is 0 Å². The van der Waals surface area contributed by atoms with E-state index in [2.05, 4.69) is 19.9 Å². The number of rotatable bonds is 6. The Morgan fingerprint density at radius 3 is 2.58 bits per heavy atom. The molecular weight excluding hydrogens is 223 g/mol. The average molecular weight is 241 g/mol. The highest BCUT2D eigenvalue weighted by atomic mass is 35.5. The van der Waals surface area contributed by atoms with Crippen molar-refractivity contribution in [3.63, 3.8) is 0 Å². The molecule has 0 fully saturated rings. The van der Waals surface area contributed by atoms with Gasteiger partial charge in [-0.25, -0.2) is 0 Å². The predicted molar refractivity (Wildman–Crippen MR) is 66.2 cm³/mol. The third kappa shape index (κ3) is 8.85. The molecule has 0 amide bonds. The predicted octanol–water partition coefficient (Wildman–Crippen LogP) is 2.24. The molecule has 0 bridgehead atoms. The SMILES string of the molecule is CC=C(C)[SiH2]CCC[SiH2]C(Cl)Cl. The lowest BCUT2D eigenvalue weighted by Crippen LogP contribution is -2.01. The van der Waals surface area contributed by atoms with Gasteiger partial charge in [-0.15, -0.1) is 23.2 Å². The van der Waals surface area contributed by atoms with E-state index in [1.807, 2.05) is 0 Å². The van der Waals surface area contributed by atoms with Gasteiger partial charge in [-0.1, -0.05) is 29.8 Å². The van der Waals surface area contributed by atoms with Gasteiger partial charge in [0.15, 0.2) is 0 Å². The first-order valence-corrected chi connectivity index (χ1v) is 8.96. The van der Waals surface area contributed by atoms with Crippen molar-refractivity contribution in [1.82, 2.24) is 0 Å². The van der Waals surface area contributed by atoms with Crippen LogP contribution < -0.4 is 0 Å². The second-order valence-electron chi connectivity index (χ2n) is 3.13. The van der Waals surface area contributed by atoms with E-state index in [0.29, 0.717) is 0 Å². The quantitative estimate of drug-likeness (QED) is 0.380. The highest BCUT2D eigenvalue weighted by Crippen LogP contribution is 2.06. The van der Waals surface area contributed by atoms with Crippen molar-refractivity contribution in [1.29, 1.82) is 0 Å². The Morgan fingerprint density at radius 2 is 2.08 bits per heavy atom. The molecular formula is C8H18Cl2Si2. The van der Waals surface area contributed by atoms with Gasteiger partial charge >= 0.3 is 0 Å². The second kappa shape index (κ2) is 8.36. The summed E-state index contributed by atoms with van der Waals surface area (Å²) in [5, 5.41) is 1.63. The normalized spacial score (nSPS) is 14.6. The molecule has 0 saturated heterocycles. The van der Waals surface area contributed by atoms with Crippen molar-refractivity contribution in [2.24, 2.45) is 0 Å². The fourth-order valence-corrected chi connectivity index (χ4v) is 5.06. The van der Waals surface area contributed by atoms with Crippen LogP contribution in [0.5, 0.6) is 0 Å². The van der Waals surface area contributed by atoms with Crippen LogP contribution >= 0.6 is 23.2 Å². The summed E-state index contributed by atoms with van der Waals surface area (Å²) in [6, 6.07) is 2.76. The van der Waals surface area contributed by atoms with E-state index in [-0.39, 0.29) is 23.5 Å². The summed E-state index contributed by atoms with van der Waals surface area (Å²) in [7, 11) is -0.0835. The van der Waals surface area contributed by atoms with E-state index in [4.69, 9.17) is 23.2 Å². The van der Waals surface area contributed by atoms with Crippen molar-refractivity contribution >= 4 is 42.2 Å². The van der Waals surface area contributed by atoms with Crippen molar-refractivity contribution in [2.45, 2.75) is 36.8 Å². The van der Waals surface area contributed by atoms with Crippen LogP contribution in [0.3, 0.4) is 0 Å². The lowest BCUT2D eigenvalue weighted by atomic mass is 10.6. The zero-order chi connectivity index (χ0) is 9.40. The van der Waals surface area contributed by atoms with Gasteiger partial charge in [-0.05, 0) is 13.8 Å². The van der Waals surface area contributed by atoms with Gasteiger partial charge in [-0.3, -0.25) is 0 Å². The standard InChI is InChI=1S/C8H18Cl2Si2/c1-3-7(2)11-5-4-6-12-8(9)10/h3,8H,4-6,11-12H2,1-2H3. The monoisotopic (exact) mass is 240 g/mol. The Kier molecular flexibility index (Phi) is 8.88. The molecule has 0 unspecified atom stereocenters. The van der Waals surface area contributed by atoms with Crippen LogP contribution in [0.1, 0.15) is 20.3 Å². The van der Waals surface area contributed by atoms with Crippen LogP contribution in [0, 0.1) is 0 Å². The smallest absolute Gasteiger partial charge is 0.0908 e. The molecule has 0 heterocycles. The number of hydrogen-bond donors (Lipinski definition) is 0. The maximum absolute atomic E-state index is 5.67. The Bertz CT molecular complexity index is 135. The van der Waals surface area contributed by atoms with Gasteiger partial charge < -0.3 is 0 Å². The highest BCUT2D eigenvalue weighted by molar-refractivity contribution is 6.68. The molecule has 12 heavy (non-hydrogen) atoms. The lowest BCUT2D eigenvalue weighted by molar-refractivity contribution is 1.06. The van der Waals surface area contributed by atoms with Crippen molar-refractivity contribution in [3.05, 3.63) is 11.3 Å². The minimum absolute atomic E-state index is 0.0190. The molecule has 0 spiro atoms. The van der Waals surface area contributed by atoms with Crippen LogP contribution in [0.15, 0.2) is 11.3 Å². The van der Waals surface area contributed by atoms with Crippen LogP contribution in [0.4, 0.5) is 0 Å². The van der Waals surface area contributed by atoms with Crippen molar-refractivity contribution in [2.75, 3.05) is 0 Å². The molecule has 0 aromatic heterocycles. The second-order valence-corrected chi connectivity index (χ2v) is 9.86. The Morgan fingerprint density at radius 1 is 1.42 bits per heavy atom. The van der Waals surface area contributed by atoms with Gasteiger partial charge in [0.05, 0.1) is 14.0 Å². The Labute approximate surface area is 90.4 Å². The maximum atomic E-state index is 5.67. The summed E-state index contributed by atoms with van der Waals surface area (Å²) < 4.78 is -0.0190. The molecule has 0 radical (unpaired) electrons. The molecule has 0 N–H and O–H groups in total. The first-order valence-electron chi connectivity index (χ1n) is 4.56. The van der Waals surface area contributed by atoms with Crippen molar-refractivity contribution in [3.8, 4) is 0 Å². The van der Waals surface area contributed by atoms with E-state index in [1.165, 1.54) is 18.5 Å². The van der Waals surface area contributed by atoms with Crippen LogP contribution in [-0.4, -0.2) is 23.5 Å². The molecule has 72 valence electrons. The molecule has 0 aromatic carbocycles. The molecule has 0 atom stereocenters. The van der Waals surface area contributed by atoms with Gasteiger partial charge in [0.2, 0.25) is 0 Å². The number of allylic oxidation sites excluding steroid dienone is 2. The van der Waals surface area contributed by atoms with E-state index in [9.17, 15) is 0 Å². The number of alkyl halides is 2. The highest BCUT2D eigenvalue weighted by Gasteiger charge is 1.98. The van der Waals surface area contributed by atoms with Gasteiger partial charge in [0.1, 0.15) is 0 Å². The fraction of sp³-hybridized carbons (Fsp3) is 0.750. The summed E-state index contributed by atoms with van der Waals surface area (Å²) in [6.07, 6.45) is 3.61.